The molecular weight excluding hydrogens is 304 g/mol. The van der Waals surface area contributed by atoms with Gasteiger partial charge in [0.2, 0.25) is 0 Å². The molecule has 0 fully saturated rings. The average Bonchev–Trinajstić information content (AvgIpc) is 2.86. The number of likely N-dealkylation sites (N-methyl/N-ethyl adjacent to an activating group) is 1. The van der Waals surface area contributed by atoms with Gasteiger partial charge in [0.05, 0.1) is 24.4 Å². The second-order valence-electron chi connectivity index (χ2n) is 6.15. The molecule has 24 heavy (non-hydrogen) atoms. The zero-order chi connectivity index (χ0) is 17.9. The first-order chi connectivity index (χ1) is 11.4. The number of carbonyl (C=O) groups excluding carboxylic acids is 2. The average molecular weight is 328 g/mol. The monoisotopic (exact) mass is 328 g/mol. The van der Waals surface area contributed by atoms with E-state index in [-0.39, 0.29) is 11.8 Å². The van der Waals surface area contributed by atoms with Gasteiger partial charge in [0.15, 0.2) is 5.78 Å². The van der Waals surface area contributed by atoms with E-state index in [9.17, 15) is 9.59 Å². The number of ether oxygens (including phenoxy) is 1. The van der Waals surface area contributed by atoms with Gasteiger partial charge in [-0.15, -0.1) is 0 Å². The van der Waals surface area contributed by atoms with E-state index in [2.05, 4.69) is 4.98 Å². The topological polar surface area (TPSA) is 62.4 Å². The summed E-state index contributed by atoms with van der Waals surface area (Å²) in [4.78, 5) is 30.0. The van der Waals surface area contributed by atoms with Crippen LogP contribution < -0.4 is 0 Å². The molecule has 2 rings (SSSR count). The van der Waals surface area contributed by atoms with E-state index in [4.69, 9.17) is 4.74 Å². The van der Waals surface area contributed by atoms with Crippen molar-refractivity contribution < 1.29 is 14.3 Å². The molecule has 1 atom stereocenters. The number of aromatic amines is 1. The van der Waals surface area contributed by atoms with Gasteiger partial charge in [-0.1, -0.05) is 30.3 Å². The van der Waals surface area contributed by atoms with Crippen LogP contribution in [0.25, 0.3) is 0 Å². The minimum Gasteiger partial charge on any atom is -0.465 e. The maximum atomic E-state index is 13.1. The van der Waals surface area contributed by atoms with Gasteiger partial charge >= 0.3 is 5.97 Å². The summed E-state index contributed by atoms with van der Waals surface area (Å²) >= 11 is 0. The first-order valence-electron chi connectivity index (χ1n) is 7.88. The van der Waals surface area contributed by atoms with Crippen LogP contribution in [-0.2, 0) is 11.2 Å². The fourth-order valence-electron chi connectivity index (χ4n) is 2.92. The van der Waals surface area contributed by atoms with E-state index in [0.717, 1.165) is 5.56 Å². The Morgan fingerprint density at radius 1 is 1.17 bits per heavy atom. The number of nitrogens with zero attached hydrogens (tertiary/aromatic N) is 1. The summed E-state index contributed by atoms with van der Waals surface area (Å²) in [5.74, 6) is -0.454. The van der Waals surface area contributed by atoms with Crippen LogP contribution in [0.1, 0.15) is 37.7 Å². The summed E-state index contributed by atoms with van der Waals surface area (Å²) in [5.41, 5.74) is 3.31. The summed E-state index contributed by atoms with van der Waals surface area (Å²) in [6, 6.07) is 9.59. The van der Waals surface area contributed by atoms with Gasteiger partial charge in [0, 0.05) is 5.69 Å². The van der Waals surface area contributed by atoms with Crippen molar-refractivity contribution in [2.75, 3.05) is 21.2 Å². The molecule has 0 amide bonds. The van der Waals surface area contributed by atoms with Crippen molar-refractivity contribution in [1.29, 1.82) is 0 Å². The number of aromatic nitrogens is 1. The summed E-state index contributed by atoms with van der Waals surface area (Å²) in [5, 5.41) is 0. The molecule has 0 aliphatic rings. The van der Waals surface area contributed by atoms with Crippen LogP contribution in [0.4, 0.5) is 0 Å². The van der Waals surface area contributed by atoms with Crippen molar-refractivity contribution in [2.24, 2.45) is 0 Å². The lowest BCUT2D eigenvalue weighted by atomic mass is 9.97. The smallest absolute Gasteiger partial charge is 0.339 e. The molecular formula is C19H24N2O3. The molecule has 0 saturated carbocycles. The lowest BCUT2D eigenvalue weighted by Crippen LogP contribution is -2.38. The molecule has 0 saturated heterocycles. The number of H-pyrrole nitrogens is 1. The molecule has 128 valence electrons. The number of nitrogens with one attached hydrogen (secondary N) is 1. The summed E-state index contributed by atoms with van der Waals surface area (Å²) < 4.78 is 4.81. The normalized spacial score (nSPS) is 12.2. The number of rotatable bonds is 6. The van der Waals surface area contributed by atoms with Crippen LogP contribution >= 0.6 is 0 Å². The molecule has 5 heteroatoms. The Hall–Kier alpha value is -2.40. The summed E-state index contributed by atoms with van der Waals surface area (Å²) in [6.07, 6.45) is 0.609. The third-order valence-corrected chi connectivity index (χ3v) is 4.27. The van der Waals surface area contributed by atoms with E-state index in [0.29, 0.717) is 28.9 Å². The van der Waals surface area contributed by atoms with Crippen LogP contribution in [0.3, 0.4) is 0 Å². The summed E-state index contributed by atoms with van der Waals surface area (Å²) in [6.45, 7) is 3.55. The molecule has 0 radical (unpaired) electrons. The van der Waals surface area contributed by atoms with Crippen molar-refractivity contribution in [2.45, 2.75) is 26.3 Å². The molecule has 0 unspecified atom stereocenters. The quantitative estimate of drug-likeness (QED) is 0.654. The predicted molar refractivity (Wildman–Crippen MR) is 93.6 cm³/mol. The largest absolute Gasteiger partial charge is 0.465 e. The highest BCUT2D eigenvalue weighted by Gasteiger charge is 2.28. The van der Waals surface area contributed by atoms with Crippen molar-refractivity contribution in [3.8, 4) is 0 Å². The van der Waals surface area contributed by atoms with Crippen LogP contribution in [-0.4, -0.2) is 48.9 Å². The van der Waals surface area contributed by atoms with Gasteiger partial charge in [-0.2, -0.15) is 0 Å². The number of carbonyl (C=O) groups is 2. The molecule has 1 aromatic carbocycles. The number of hydrogen-bond donors (Lipinski definition) is 1. The Balaban J connectivity index is 2.36. The van der Waals surface area contributed by atoms with E-state index in [1.807, 2.05) is 49.3 Å². The fraction of sp³-hybridized carbons (Fsp3) is 0.368. The second kappa shape index (κ2) is 7.45. The number of benzene rings is 1. The summed E-state index contributed by atoms with van der Waals surface area (Å²) in [7, 11) is 5.11. The minimum absolute atomic E-state index is 0.0281. The third kappa shape index (κ3) is 3.57. The van der Waals surface area contributed by atoms with E-state index >= 15 is 0 Å². The SMILES string of the molecule is COC(=O)c1c(C)[nH]c(C(=O)[C@H](Cc2ccccc2)N(C)C)c1C. The second-order valence-corrected chi connectivity index (χ2v) is 6.15. The first-order valence-corrected chi connectivity index (χ1v) is 7.88. The van der Waals surface area contributed by atoms with Crippen molar-refractivity contribution in [1.82, 2.24) is 9.88 Å². The Morgan fingerprint density at radius 2 is 1.79 bits per heavy atom. The van der Waals surface area contributed by atoms with E-state index in [1.54, 1.807) is 13.8 Å². The third-order valence-electron chi connectivity index (χ3n) is 4.27. The Labute approximate surface area is 142 Å². The van der Waals surface area contributed by atoms with E-state index in [1.165, 1.54) is 7.11 Å². The highest BCUT2D eigenvalue weighted by atomic mass is 16.5. The Morgan fingerprint density at radius 3 is 2.33 bits per heavy atom. The number of aryl methyl sites for hydroxylation is 1. The molecule has 5 nitrogen and oxygen atoms in total. The van der Waals surface area contributed by atoms with Gasteiger partial charge in [-0.05, 0) is 45.5 Å². The molecule has 1 heterocycles. The molecule has 0 bridgehead atoms. The number of methoxy groups -OCH3 is 1. The first kappa shape index (κ1) is 17.9. The van der Waals surface area contributed by atoms with Gasteiger partial charge in [-0.3, -0.25) is 9.69 Å². The number of hydrogen-bond acceptors (Lipinski definition) is 4. The lowest BCUT2D eigenvalue weighted by molar-refractivity contribution is 0.0599. The molecule has 2 aromatic rings. The number of esters is 1. The van der Waals surface area contributed by atoms with Crippen LogP contribution in [0.2, 0.25) is 0 Å². The molecule has 0 aliphatic heterocycles. The predicted octanol–water partition coefficient (Wildman–Crippen LogP) is 2.77. The van der Waals surface area contributed by atoms with Gasteiger partial charge in [0.25, 0.3) is 0 Å². The molecule has 0 spiro atoms. The highest BCUT2D eigenvalue weighted by Crippen LogP contribution is 2.22. The maximum Gasteiger partial charge on any atom is 0.339 e. The Bertz CT molecular complexity index is 733. The number of Topliss-reactive ketones (excluding diaryl/α,β-unsaturated/α-hetero) is 1. The molecule has 1 N–H and O–H groups in total. The molecule has 1 aromatic heterocycles. The maximum absolute atomic E-state index is 13.1. The van der Waals surface area contributed by atoms with Gasteiger partial charge < -0.3 is 9.72 Å². The molecule has 0 aliphatic carbocycles. The Kier molecular flexibility index (Phi) is 5.57. The van der Waals surface area contributed by atoms with Gasteiger partial charge in [-0.25, -0.2) is 4.79 Å². The van der Waals surface area contributed by atoms with Gasteiger partial charge in [0.1, 0.15) is 0 Å². The lowest BCUT2D eigenvalue weighted by Gasteiger charge is -2.23. The van der Waals surface area contributed by atoms with Crippen molar-refractivity contribution in [3.63, 3.8) is 0 Å². The minimum atomic E-state index is -0.426. The standard InChI is InChI=1S/C19H24N2O3/c1-12-16(19(23)24-5)13(2)20-17(12)18(22)15(21(3)4)11-14-9-7-6-8-10-14/h6-10,15,20H,11H2,1-5H3/t15-/m0/s1. The number of ketones is 1. The zero-order valence-corrected chi connectivity index (χ0v) is 14.8. The van der Waals surface area contributed by atoms with Crippen molar-refractivity contribution >= 4 is 11.8 Å². The zero-order valence-electron chi connectivity index (χ0n) is 14.8. The van der Waals surface area contributed by atoms with Crippen LogP contribution in [0.15, 0.2) is 30.3 Å². The van der Waals surface area contributed by atoms with Crippen LogP contribution in [0.5, 0.6) is 0 Å². The van der Waals surface area contributed by atoms with Crippen molar-refractivity contribution in [3.05, 3.63) is 58.4 Å². The van der Waals surface area contributed by atoms with E-state index < -0.39 is 5.97 Å². The fourth-order valence-corrected chi connectivity index (χ4v) is 2.92. The highest BCUT2D eigenvalue weighted by molar-refractivity contribution is 6.04. The van der Waals surface area contributed by atoms with Crippen LogP contribution in [0, 0.1) is 13.8 Å².